The third-order valence-corrected chi connectivity index (χ3v) is 14.1. The van der Waals surface area contributed by atoms with Gasteiger partial charge in [-0.1, -0.05) is 237 Å². The number of amides is 1. The predicted octanol–water partition coefficient (Wildman–Crippen LogP) is 13.3. The molecule has 0 aromatic rings. The minimum absolute atomic E-state index is 0.0104. The Labute approximate surface area is 429 Å². The Bertz CT molecular complexity index is 1220. The minimum atomic E-state index is -1.57. The molecule has 7 unspecified atom stereocenters. The quantitative estimate of drug-likeness (QED) is 0.0195. The molecule has 6 N–H and O–H groups in total. The SMILES string of the molecule is CCCC/C=C\CCCCCCCC(=O)OCCCCCCCCCCCCCCCCCCCCCCCCC(=O)NC(COC1OC(CO)C(O)C(O)C1O)C(O)/C=C/CCCCCCCCC. The molecule has 1 aliphatic heterocycles. The van der Waals surface area contributed by atoms with Crippen LogP contribution in [-0.2, 0) is 23.8 Å². The Morgan fingerprint density at radius 2 is 0.929 bits per heavy atom. The second kappa shape index (κ2) is 49.4. The molecule has 1 saturated heterocycles. The van der Waals surface area contributed by atoms with Crippen LogP contribution in [0.2, 0.25) is 0 Å². The van der Waals surface area contributed by atoms with Gasteiger partial charge in [0, 0.05) is 12.8 Å². The van der Waals surface area contributed by atoms with Crippen molar-refractivity contribution in [2.75, 3.05) is 19.8 Å². The summed E-state index contributed by atoms with van der Waals surface area (Å²) in [7, 11) is 0. The van der Waals surface area contributed by atoms with E-state index in [4.69, 9.17) is 14.2 Å². The zero-order chi connectivity index (χ0) is 51.0. The summed E-state index contributed by atoms with van der Waals surface area (Å²) < 4.78 is 16.7. The fourth-order valence-electron chi connectivity index (χ4n) is 9.30. The number of esters is 1. The van der Waals surface area contributed by atoms with Crippen molar-refractivity contribution in [2.24, 2.45) is 0 Å². The van der Waals surface area contributed by atoms with E-state index < -0.39 is 49.5 Å². The Hall–Kier alpha value is -1.86. The van der Waals surface area contributed by atoms with Crippen molar-refractivity contribution in [2.45, 2.75) is 320 Å². The van der Waals surface area contributed by atoms with Gasteiger partial charge in [-0.25, -0.2) is 0 Å². The lowest BCUT2D eigenvalue weighted by molar-refractivity contribution is -0.302. The number of hydrogen-bond acceptors (Lipinski definition) is 10. The average Bonchev–Trinajstić information content (AvgIpc) is 3.36. The van der Waals surface area contributed by atoms with E-state index in [0.29, 0.717) is 19.4 Å². The van der Waals surface area contributed by atoms with Crippen LogP contribution in [0.15, 0.2) is 24.3 Å². The van der Waals surface area contributed by atoms with E-state index in [2.05, 4.69) is 31.3 Å². The number of carbonyl (C=O) groups is 2. The lowest BCUT2D eigenvalue weighted by Gasteiger charge is -2.40. The highest BCUT2D eigenvalue weighted by atomic mass is 16.7. The second-order valence-corrected chi connectivity index (χ2v) is 20.7. The van der Waals surface area contributed by atoms with Crippen molar-refractivity contribution in [3.63, 3.8) is 0 Å². The van der Waals surface area contributed by atoms with Crippen LogP contribution in [-0.4, -0.2) is 100 Å². The summed E-state index contributed by atoms with van der Waals surface area (Å²) in [6.45, 7) is 4.28. The fraction of sp³-hybridized carbons (Fsp3) is 0.898. The number of aliphatic hydroxyl groups is 5. The van der Waals surface area contributed by atoms with Crippen molar-refractivity contribution in [3.8, 4) is 0 Å². The fourth-order valence-corrected chi connectivity index (χ4v) is 9.30. The van der Waals surface area contributed by atoms with Crippen LogP contribution < -0.4 is 5.32 Å². The van der Waals surface area contributed by atoms with Crippen LogP contribution in [0.25, 0.3) is 0 Å². The molecule has 412 valence electrons. The van der Waals surface area contributed by atoms with E-state index in [-0.39, 0.29) is 18.5 Å². The van der Waals surface area contributed by atoms with Gasteiger partial charge < -0.3 is 45.1 Å². The largest absolute Gasteiger partial charge is 0.466 e. The second-order valence-electron chi connectivity index (χ2n) is 20.7. The van der Waals surface area contributed by atoms with Crippen LogP contribution in [0.4, 0.5) is 0 Å². The van der Waals surface area contributed by atoms with Crippen molar-refractivity contribution >= 4 is 11.9 Å². The lowest BCUT2D eigenvalue weighted by Crippen LogP contribution is -2.60. The molecule has 1 aliphatic rings. The van der Waals surface area contributed by atoms with Gasteiger partial charge in [-0.2, -0.15) is 0 Å². The minimum Gasteiger partial charge on any atom is -0.466 e. The molecule has 0 aliphatic carbocycles. The van der Waals surface area contributed by atoms with Crippen molar-refractivity contribution in [3.05, 3.63) is 24.3 Å². The van der Waals surface area contributed by atoms with E-state index in [0.717, 1.165) is 57.8 Å². The average molecular weight is 995 g/mol. The zero-order valence-corrected chi connectivity index (χ0v) is 45.2. The molecule has 0 aromatic heterocycles. The lowest BCUT2D eigenvalue weighted by atomic mass is 9.99. The number of ether oxygens (including phenoxy) is 3. The smallest absolute Gasteiger partial charge is 0.305 e. The Morgan fingerprint density at radius 3 is 1.41 bits per heavy atom. The molecule has 0 aromatic carbocycles. The molecular weight excluding hydrogens is 883 g/mol. The molecule has 0 radical (unpaired) electrons. The molecule has 1 heterocycles. The third kappa shape index (κ3) is 38.7. The molecule has 0 saturated carbocycles. The first-order chi connectivity index (χ1) is 34.2. The highest BCUT2D eigenvalue weighted by Gasteiger charge is 2.44. The van der Waals surface area contributed by atoms with Gasteiger partial charge in [0.25, 0.3) is 0 Å². The summed E-state index contributed by atoms with van der Waals surface area (Å²) in [5.74, 6) is -0.194. The Kier molecular flexibility index (Phi) is 46.6. The molecule has 0 bridgehead atoms. The number of nitrogens with one attached hydrogen (secondary N) is 1. The normalized spacial score (nSPS) is 19.3. The van der Waals surface area contributed by atoms with Gasteiger partial charge in [-0.15, -0.1) is 0 Å². The van der Waals surface area contributed by atoms with Crippen molar-refractivity contribution < 1.29 is 49.3 Å². The number of rotatable bonds is 51. The van der Waals surface area contributed by atoms with Crippen LogP contribution >= 0.6 is 0 Å². The van der Waals surface area contributed by atoms with Gasteiger partial charge in [0.15, 0.2) is 6.29 Å². The Morgan fingerprint density at radius 1 is 0.514 bits per heavy atom. The van der Waals surface area contributed by atoms with Crippen LogP contribution in [0.1, 0.15) is 277 Å². The number of aliphatic hydroxyl groups excluding tert-OH is 5. The van der Waals surface area contributed by atoms with Gasteiger partial charge >= 0.3 is 5.97 Å². The molecule has 11 heteroatoms. The van der Waals surface area contributed by atoms with Gasteiger partial charge in [0.2, 0.25) is 5.91 Å². The first kappa shape index (κ1) is 66.2. The summed E-state index contributed by atoms with van der Waals surface area (Å²) in [5, 5.41) is 54.2. The van der Waals surface area contributed by atoms with Crippen LogP contribution in [0, 0.1) is 0 Å². The predicted molar refractivity (Wildman–Crippen MR) is 288 cm³/mol. The van der Waals surface area contributed by atoms with Crippen LogP contribution in [0.5, 0.6) is 0 Å². The molecule has 1 rings (SSSR count). The maximum absolute atomic E-state index is 13.0. The Balaban J connectivity index is 2.01. The first-order valence-electron chi connectivity index (χ1n) is 29.6. The highest BCUT2D eigenvalue weighted by molar-refractivity contribution is 5.76. The highest BCUT2D eigenvalue weighted by Crippen LogP contribution is 2.23. The first-order valence-corrected chi connectivity index (χ1v) is 29.6. The maximum atomic E-state index is 13.0. The summed E-state index contributed by atoms with van der Waals surface area (Å²) in [6.07, 6.45) is 48.6. The topological polar surface area (TPSA) is 175 Å². The summed E-state index contributed by atoms with van der Waals surface area (Å²) in [6, 6.07) is -0.808. The monoisotopic (exact) mass is 994 g/mol. The molecule has 7 atom stereocenters. The summed E-state index contributed by atoms with van der Waals surface area (Å²) >= 11 is 0. The molecule has 1 amide bonds. The molecule has 0 spiro atoms. The summed E-state index contributed by atoms with van der Waals surface area (Å²) in [4.78, 5) is 25.0. The molecular formula is C59H111NO10. The van der Waals surface area contributed by atoms with E-state index in [1.54, 1.807) is 6.08 Å². The standard InChI is InChI=1S/C59H111NO10/c1-3-5-7-9-11-13-26-31-35-39-43-47-55(64)68-48-44-40-36-32-28-25-23-21-19-17-15-14-16-18-20-22-24-27-30-34-38-42-46-54(63)60-51(52(62)45-41-37-33-29-12-10-8-6-4-2)50-69-59-58(67)57(66)56(65)53(49-61)70-59/h9,11,41,45,51-53,56-59,61-62,65-67H,3-8,10,12-40,42-44,46-50H2,1-2H3,(H,60,63)/b11-9-,45-41+. The van der Waals surface area contributed by atoms with E-state index in [9.17, 15) is 35.1 Å². The van der Waals surface area contributed by atoms with Gasteiger partial charge in [0.1, 0.15) is 24.4 Å². The van der Waals surface area contributed by atoms with E-state index in [1.165, 1.54) is 193 Å². The van der Waals surface area contributed by atoms with Gasteiger partial charge in [-0.05, 0) is 51.4 Å². The number of hydrogen-bond donors (Lipinski definition) is 6. The number of allylic oxidation sites excluding steroid dienone is 3. The van der Waals surface area contributed by atoms with Gasteiger partial charge in [0.05, 0.1) is 32.0 Å². The molecule has 11 nitrogen and oxygen atoms in total. The number of carbonyl (C=O) groups excluding carboxylic acids is 2. The van der Waals surface area contributed by atoms with E-state index in [1.807, 2.05) is 6.08 Å². The van der Waals surface area contributed by atoms with Crippen molar-refractivity contribution in [1.29, 1.82) is 0 Å². The van der Waals surface area contributed by atoms with Crippen molar-refractivity contribution in [1.82, 2.24) is 5.32 Å². The van der Waals surface area contributed by atoms with Crippen LogP contribution in [0.3, 0.4) is 0 Å². The third-order valence-electron chi connectivity index (χ3n) is 14.1. The van der Waals surface area contributed by atoms with Gasteiger partial charge in [-0.3, -0.25) is 9.59 Å². The van der Waals surface area contributed by atoms with E-state index >= 15 is 0 Å². The zero-order valence-electron chi connectivity index (χ0n) is 45.2. The molecule has 70 heavy (non-hydrogen) atoms. The molecule has 1 fully saturated rings. The summed E-state index contributed by atoms with van der Waals surface area (Å²) in [5.41, 5.74) is 0. The maximum Gasteiger partial charge on any atom is 0.305 e. The number of unbranched alkanes of at least 4 members (excludes halogenated alkanes) is 35.